The number of aliphatic carboxylic acids is 1. The van der Waals surface area contributed by atoms with Gasteiger partial charge in [-0.1, -0.05) is 0 Å². The van der Waals surface area contributed by atoms with Crippen LogP contribution in [0.25, 0.3) is 0 Å². The first kappa shape index (κ1) is 18.6. The fourth-order valence-corrected chi connectivity index (χ4v) is 4.68. The molecule has 0 aromatic carbocycles. The van der Waals surface area contributed by atoms with E-state index in [1.54, 1.807) is 0 Å². The van der Waals surface area contributed by atoms with E-state index in [0.29, 0.717) is 26.2 Å². The molecular weight excluding hydrogens is 320 g/mol. The maximum Gasteiger partial charge on any atom is 0.308 e. The minimum Gasteiger partial charge on any atom is -0.481 e. The summed E-state index contributed by atoms with van der Waals surface area (Å²) in [6, 6.07) is 0. The number of carboxylic acids is 1. The highest BCUT2D eigenvalue weighted by Crippen LogP contribution is 2.46. The minimum absolute atomic E-state index is 0.0175. The molecule has 6 nitrogen and oxygen atoms in total. The molecular formula is C19H32N2O4. The zero-order valence-corrected chi connectivity index (χ0v) is 15.8. The van der Waals surface area contributed by atoms with Gasteiger partial charge in [-0.15, -0.1) is 0 Å². The molecule has 25 heavy (non-hydrogen) atoms. The molecule has 1 atom stereocenters. The number of hydrogen-bond acceptors (Lipinski definition) is 4. The molecule has 3 aliphatic rings. The number of rotatable bonds is 6. The Hall–Kier alpha value is -1.14. The number of nitrogens with zero attached hydrogens (tertiary/aromatic N) is 2. The lowest BCUT2D eigenvalue weighted by molar-refractivity contribution is -0.157. The third-order valence-electron chi connectivity index (χ3n) is 6.30. The van der Waals surface area contributed by atoms with Gasteiger partial charge in [-0.3, -0.25) is 9.59 Å². The lowest BCUT2D eigenvalue weighted by Crippen LogP contribution is -2.53. The van der Waals surface area contributed by atoms with E-state index in [9.17, 15) is 14.7 Å². The third kappa shape index (κ3) is 3.85. The highest BCUT2D eigenvalue weighted by atomic mass is 16.5. The van der Waals surface area contributed by atoms with Crippen molar-refractivity contribution < 1.29 is 19.4 Å². The van der Waals surface area contributed by atoms with Crippen LogP contribution in [0.4, 0.5) is 0 Å². The Kier molecular flexibility index (Phi) is 5.13. The number of ether oxygens (including phenoxy) is 1. The first-order valence-electron chi connectivity index (χ1n) is 9.66. The molecule has 1 amide bonds. The quantitative estimate of drug-likeness (QED) is 0.790. The topological polar surface area (TPSA) is 70.1 Å². The molecule has 1 spiro atoms. The van der Waals surface area contributed by atoms with Gasteiger partial charge in [0.15, 0.2) is 0 Å². The Balaban J connectivity index is 1.64. The zero-order chi connectivity index (χ0) is 18.2. The Labute approximate surface area is 150 Å². The van der Waals surface area contributed by atoms with Crippen molar-refractivity contribution in [3.05, 3.63) is 0 Å². The van der Waals surface area contributed by atoms with Crippen molar-refractivity contribution in [1.82, 2.24) is 9.80 Å². The van der Waals surface area contributed by atoms with Crippen LogP contribution in [0.15, 0.2) is 0 Å². The molecule has 0 radical (unpaired) electrons. The van der Waals surface area contributed by atoms with Crippen LogP contribution in [0.1, 0.15) is 46.5 Å². The molecule has 0 bridgehead atoms. The van der Waals surface area contributed by atoms with E-state index in [2.05, 4.69) is 4.90 Å². The number of amides is 1. The van der Waals surface area contributed by atoms with Crippen LogP contribution >= 0.6 is 0 Å². The van der Waals surface area contributed by atoms with Crippen molar-refractivity contribution in [2.24, 2.45) is 17.3 Å². The molecule has 142 valence electrons. The van der Waals surface area contributed by atoms with Crippen molar-refractivity contribution in [3.8, 4) is 0 Å². The van der Waals surface area contributed by atoms with Crippen LogP contribution in [0.5, 0.6) is 0 Å². The summed E-state index contributed by atoms with van der Waals surface area (Å²) in [6.07, 6.45) is 4.13. The highest BCUT2D eigenvalue weighted by Gasteiger charge is 2.52. The second-order valence-electron chi connectivity index (χ2n) is 8.63. The summed E-state index contributed by atoms with van der Waals surface area (Å²) in [5.41, 5.74) is -0.980. The lowest BCUT2D eigenvalue weighted by atomic mass is 9.70. The number of carbonyl (C=O) groups is 2. The molecule has 2 saturated heterocycles. The second kappa shape index (κ2) is 6.88. The monoisotopic (exact) mass is 352 g/mol. The summed E-state index contributed by atoms with van der Waals surface area (Å²) in [7, 11) is 0. The van der Waals surface area contributed by atoms with E-state index >= 15 is 0 Å². The van der Waals surface area contributed by atoms with Gasteiger partial charge in [-0.05, 0) is 52.4 Å². The van der Waals surface area contributed by atoms with E-state index in [1.165, 1.54) is 12.8 Å². The molecule has 0 aromatic heterocycles. The van der Waals surface area contributed by atoms with Crippen molar-refractivity contribution in [3.63, 3.8) is 0 Å². The smallest absolute Gasteiger partial charge is 0.308 e. The molecule has 3 fully saturated rings. The van der Waals surface area contributed by atoms with E-state index in [-0.39, 0.29) is 17.2 Å². The van der Waals surface area contributed by atoms with Crippen molar-refractivity contribution in [2.75, 3.05) is 39.3 Å². The molecule has 1 aliphatic carbocycles. The van der Waals surface area contributed by atoms with Crippen LogP contribution in [0, 0.1) is 17.3 Å². The summed E-state index contributed by atoms with van der Waals surface area (Å²) >= 11 is 0. The SMILES string of the molecule is CCOC(C)(C)C(=O)N1CCC2(CC1)CN(CC1CC1)CC2C(=O)O. The van der Waals surface area contributed by atoms with Gasteiger partial charge in [0, 0.05) is 44.7 Å². The van der Waals surface area contributed by atoms with Gasteiger partial charge in [0.25, 0.3) is 5.91 Å². The van der Waals surface area contributed by atoms with Gasteiger partial charge < -0.3 is 19.6 Å². The predicted octanol–water partition coefficient (Wildman–Crippen LogP) is 1.84. The van der Waals surface area contributed by atoms with Gasteiger partial charge in [-0.25, -0.2) is 0 Å². The molecule has 1 saturated carbocycles. The average molecular weight is 352 g/mol. The number of likely N-dealkylation sites (tertiary alicyclic amines) is 2. The summed E-state index contributed by atoms with van der Waals surface area (Å²) in [5.74, 6) is -0.182. The zero-order valence-electron chi connectivity index (χ0n) is 15.8. The van der Waals surface area contributed by atoms with Crippen molar-refractivity contribution >= 4 is 11.9 Å². The van der Waals surface area contributed by atoms with E-state index in [0.717, 1.165) is 31.8 Å². The van der Waals surface area contributed by atoms with Gasteiger partial charge in [0.2, 0.25) is 0 Å². The Bertz CT molecular complexity index is 522. The maximum absolute atomic E-state index is 12.7. The van der Waals surface area contributed by atoms with Crippen LogP contribution in [0.3, 0.4) is 0 Å². The molecule has 2 heterocycles. The Morgan fingerprint density at radius 1 is 1.24 bits per heavy atom. The van der Waals surface area contributed by atoms with E-state index in [1.807, 2.05) is 25.7 Å². The molecule has 6 heteroatoms. The van der Waals surface area contributed by atoms with Crippen LogP contribution in [-0.2, 0) is 14.3 Å². The van der Waals surface area contributed by atoms with Gasteiger partial charge in [0.1, 0.15) is 5.60 Å². The highest BCUT2D eigenvalue weighted by molar-refractivity contribution is 5.84. The maximum atomic E-state index is 12.7. The Morgan fingerprint density at radius 3 is 2.40 bits per heavy atom. The summed E-state index contributed by atoms with van der Waals surface area (Å²) < 4.78 is 5.59. The summed E-state index contributed by atoms with van der Waals surface area (Å²) in [6.45, 7) is 9.89. The molecule has 1 unspecified atom stereocenters. The average Bonchev–Trinajstić information content (AvgIpc) is 3.29. The molecule has 2 aliphatic heterocycles. The minimum atomic E-state index is -0.806. The van der Waals surface area contributed by atoms with Gasteiger partial charge in [-0.2, -0.15) is 0 Å². The van der Waals surface area contributed by atoms with Crippen LogP contribution < -0.4 is 0 Å². The third-order valence-corrected chi connectivity index (χ3v) is 6.30. The molecule has 1 N–H and O–H groups in total. The Morgan fingerprint density at radius 2 is 1.88 bits per heavy atom. The number of piperidine rings is 1. The molecule has 0 aromatic rings. The number of hydrogen-bond donors (Lipinski definition) is 1. The molecule has 3 rings (SSSR count). The predicted molar refractivity (Wildman–Crippen MR) is 94.2 cm³/mol. The normalized spacial score (nSPS) is 27.0. The summed E-state index contributed by atoms with van der Waals surface area (Å²) in [5, 5.41) is 9.75. The number of carboxylic acid groups (broad SMARTS) is 1. The van der Waals surface area contributed by atoms with Crippen molar-refractivity contribution in [2.45, 2.75) is 52.1 Å². The fraction of sp³-hybridized carbons (Fsp3) is 0.895. The first-order chi connectivity index (χ1) is 11.8. The van der Waals surface area contributed by atoms with Gasteiger partial charge >= 0.3 is 5.97 Å². The van der Waals surface area contributed by atoms with E-state index in [4.69, 9.17) is 4.74 Å². The summed E-state index contributed by atoms with van der Waals surface area (Å²) in [4.78, 5) is 28.8. The largest absolute Gasteiger partial charge is 0.481 e. The first-order valence-corrected chi connectivity index (χ1v) is 9.66. The standard InChI is InChI=1S/C19H32N2O4/c1-4-25-18(2,3)17(24)21-9-7-19(8-10-21)13-20(11-14-5-6-14)12-15(19)16(22)23/h14-15H,4-13H2,1-3H3,(H,22,23). The van der Waals surface area contributed by atoms with Crippen LogP contribution in [0.2, 0.25) is 0 Å². The lowest BCUT2D eigenvalue weighted by Gasteiger charge is -2.43. The van der Waals surface area contributed by atoms with E-state index < -0.39 is 11.6 Å². The number of carbonyl (C=O) groups excluding carboxylic acids is 1. The van der Waals surface area contributed by atoms with Gasteiger partial charge in [0.05, 0.1) is 5.92 Å². The van der Waals surface area contributed by atoms with Crippen molar-refractivity contribution in [1.29, 1.82) is 0 Å². The van der Waals surface area contributed by atoms with Crippen LogP contribution in [-0.4, -0.2) is 71.7 Å². The fourth-order valence-electron chi connectivity index (χ4n) is 4.68. The second-order valence-corrected chi connectivity index (χ2v) is 8.63.